The molecule has 2 amide bonds. The number of nitrogens with one attached hydrogen (secondary N) is 1. The van der Waals surface area contributed by atoms with Crippen molar-refractivity contribution < 1.29 is 14.3 Å². The fourth-order valence-corrected chi connectivity index (χ4v) is 4.51. The molecule has 1 fully saturated rings. The number of likely N-dealkylation sites (tertiary alicyclic amines) is 1. The predicted octanol–water partition coefficient (Wildman–Crippen LogP) is 4.96. The maximum atomic E-state index is 12.9. The van der Waals surface area contributed by atoms with Crippen molar-refractivity contribution in [3.8, 4) is 17.0 Å². The molecule has 1 aliphatic heterocycles. The smallest absolute Gasteiger partial charge is 0.253 e. The Morgan fingerprint density at radius 3 is 2.74 bits per heavy atom. The van der Waals surface area contributed by atoms with Crippen LogP contribution in [0.4, 0.5) is 5.13 Å². The van der Waals surface area contributed by atoms with Crippen molar-refractivity contribution in [2.24, 2.45) is 5.92 Å². The lowest BCUT2D eigenvalue weighted by molar-refractivity contribution is -0.121. The summed E-state index contributed by atoms with van der Waals surface area (Å²) < 4.78 is 5.39. The highest BCUT2D eigenvalue weighted by Crippen LogP contribution is 2.32. The lowest BCUT2D eigenvalue weighted by Crippen LogP contribution is -2.43. The fourth-order valence-electron chi connectivity index (χ4n) is 3.67. The number of benzene rings is 2. The molecular formula is C23H22ClN3O3S. The minimum absolute atomic E-state index is 0.0816. The lowest BCUT2D eigenvalue weighted by atomic mass is 9.96. The van der Waals surface area contributed by atoms with Gasteiger partial charge in [-0.15, -0.1) is 11.3 Å². The van der Waals surface area contributed by atoms with Gasteiger partial charge in [-0.25, -0.2) is 4.98 Å². The van der Waals surface area contributed by atoms with Crippen LogP contribution in [0.15, 0.2) is 53.9 Å². The minimum atomic E-state index is -0.274. The second-order valence-electron chi connectivity index (χ2n) is 7.32. The van der Waals surface area contributed by atoms with E-state index in [2.05, 4.69) is 10.3 Å². The van der Waals surface area contributed by atoms with Crippen LogP contribution in [0.5, 0.6) is 5.75 Å². The van der Waals surface area contributed by atoms with E-state index in [0.717, 1.165) is 29.8 Å². The average Bonchev–Trinajstić information content (AvgIpc) is 3.27. The van der Waals surface area contributed by atoms with Crippen LogP contribution in [0.1, 0.15) is 23.2 Å². The molecule has 1 aromatic heterocycles. The van der Waals surface area contributed by atoms with Crippen LogP contribution in [-0.4, -0.2) is 41.9 Å². The van der Waals surface area contributed by atoms with E-state index >= 15 is 0 Å². The Hall–Kier alpha value is -2.90. The number of anilines is 1. The zero-order valence-corrected chi connectivity index (χ0v) is 18.6. The molecule has 0 saturated carbocycles. The van der Waals surface area contributed by atoms with Gasteiger partial charge in [-0.2, -0.15) is 0 Å². The van der Waals surface area contributed by atoms with Crippen molar-refractivity contribution in [3.63, 3.8) is 0 Å². The number of para-hydroxylation sites is 1. The van der Waals surface area contributed by atoms with E-state index in [1.165, 1.54) is 11.3 Å². The number of hydrogen-bond acceptors (Lipinski definition) is 5. The molecule has 1 N–H and O–H groups in total. The molecule has 0 spiro atoms. The van der Waals surface area contributed by atoms with Gasteiger partial charge in [0.25, 0.3) is 5.91 Å². The molecule has 160 valence electrons. The van der Waals surface area contributed by atoms with Gasteiger partial charge < -0.3 is 15.0 Å². The van der Waals surface area contributed by atoms with Crippen LogP contribution in [0.2, 0.25) is 5.02 Å². The van der Waals surface area contributed by atoms with Gasteiger partial charge in [-0.1, -0.05) is 23.7 Å². The minimum Gasteiger partial charge on any atom is -0.496 e. The van der Waals surface area contributed by atoms with Gasteiger partial charge >= 0.3 is 0 Å². The first-order chi connectivity index (χ1) is 15.0. The maximum Gasteiger partial charge on any atom is 0.253 e. The Kier molecular flexibility index (Phi) is 6.53. The summed E-state index contributed by atoms with van der Waals surface area (Å²) in [5.74, 6) is 0.259. The van der Waals surface area contributed by atoms with Gasteiger partial charge in [0.1, 0.15) is 5.75 Å². The standard InChI is InChI=1S/C23H22ClN3O3S/c1-30-20-7-3-2-6-18(20)19-14-31-23(25-19)26-21(28)16-5-4-12-27(13-16)22(29)15-8-10-17(24)11-9-15/h2-3,6-11,14,16H,4-5,12-13H2,1H3,(H,25,26,28). The Bertz CT molecular complexity index is 1080. The Labute approximate surface area is 189 Å². The number of carbonyl (C=O) groups excluding carboxylic acids is 2. The number of piperidine rings is 1. The van der Waals surface area contributed by atoms with Crippen molar-refractivity contribution in [1.29, 1.82) is 0 Å². The summed E-state index contributed by atoms with van der Waals surface area (Å²) in [6.45, 7) is 1.03. The second-order valence-corrected chi connectivity index (χ2v) is 8.62. The highest BCUT2D eigenvalue weighted by atomic mass is 35.5. The quantitative estimate of drug-likeness (QED) is 0.590. The molecule has 0 aliphatic carbocycles. The Balaban J connectivity index is 1.41. The first-order valence-corrected chi connectivity index (χ1v) is 11.3. The van der Waals surface area contributed by atoms with Gasteiger partial charge in [-0.05, 0) is 49.2 Å². The van der Waals surface area contributed by atoms with Gasteiger partial charge in [0.15, 0.2) is 5.13 Å². The molecule has 1 aliphatic rings. The Morgan fingerprint density at radius 2 is 1.97 bits per heavy atom. The van der Waals surface area contributed by atoms with Crippen LogP contribution >= 0.6 is 22.9 Å². The van der Waals surface area contributed by atoms with Gasteiger partial charge in [-0.3, -0.25) is 9.59 Å². The van der Waals surface area contributed by atoms with E-state index in [9.17, 15) is 9.59 Å². The summed E-state index contributed by atoms with van der Waals surface area (Å²) >= 11 is 7.28. The monoisotopic (exact) mass is 455 g/mol. The van der Waals surface area contributed by atoms with E-state index in [4.69, 9.17) is 16.3 Å². The largest absolute Gasteiger partial charge is 0.496 e. The summed E-state index contributed by atoms with van der Waals surface area (Å²) in [4.78, 5) is 31.9. The molecule has 2 aromatic carbocycles. The number of methoxy groups -OCH3 is 1. The van der Waals surface area contributed by atoms with Crippen LogP contribution in [0.25, 0.3) is 11.3 Å². The van der Waals surface area contributed by atoms with Crippen molar-refractivity contribution in [2.75, 3.05) is 25.5 Å². The Morgan fingerprint density at radius 1 is 1.19 bits per heavy atom. The number of thiazole rings is 1. The lowest BCUT2D eigenvalue weighted by Gasteiger charge is -2.32. The van der Waals surface area contributed by atoms with Crippen molar-refractivity contribution in [3.05, 3.63) is 64.5 Å². The van der Waals surface area contributed by atoms with Gasteiger partial charge in [0, 0.05) is 34.6 Å². The molecule has 0 radical (unpaired) electrons. The third-order valence-corrected chi connectivity index (χ3v) is 6.30. The van der Waals surface area contributed by atoms with Gasteiger partial charge in [0.2, 0.25) is 5.91 Å². The third-order valence-electron chi connectivity index (χ3n) is 5.29. The number of aromatic nitrogens is 1. The summed E-state index contributed by atoms with van der Waals surface area (Å²) in [5, 5.41) is 5.93. The van der Waals surface area contributed by atoms with Crippen molar-refractivity contribution in [2.45, 2.75) is 12.8 Å². The predicted molar refractivity (Wildman–Crippen MR) is 123 cm³/mol. The van der Waals surface area contributed by atoms with Crippen molar-refractivity contribution in [1.82, 2.24) is 9.88 Å². The fraction of sp³-hybridized carbons (Fsp3) is 0.261. The van der Waals surface area contributed by atoms with Crippen LogP contribution in [0, 0.1) is 5.92 Å². The molecule has 0 bridgehead atoms. The summed E-state index contributed by atoms with van der Waals surface area (Å²) in [6, 6.07) is 14.4. The van der Waals surface area contributed by atoms with Crippen LogP contribution in [0.3, 0.4) is 0 Å². The number of ether oxygens (including phenoxy) is 1. The second kappa shape index (κ2) is 9.49. The van der Waals surface area contributed by atoms with Crippen LogP contribution in [-0.2, 0) is 4.79 Å². The number of amides is 2. The highest BCUT2D eigenvalue weighted by molar-refractivity contribution is 7.14. The molecule has 31 heavy (non-hydrogen) atoms. The van der Waals surface area contributed by atoms with E-state index in [0.29, 0.717) is 28.8 Å². The maximum absolute atomic E-state index is 12.9. The number of halogens is 1. The summed E-state index contributed by atoms with van der Waals surface area (Å²) in [6.07, 6.45) is 1.52. The first-order valence-electron chi connectivity index (χ1n) is 10.00. The SMILES string of the molecule is COc1ccccc1-c1csc(NC(=O)C2CCCN(C(=O)c3ccc(Cl)cc3)C2)n1. The van der Waals surface area contributed by atoms with E-state index < -0.39 is 0 Å². The number of rotatable bonds is 5. The van der Waals surface area contributed by atoms with E-state index in [1.54, 1.807) is 36.3 Å². The van der Waals surface area contributed by atoms with Crippen LogP contribution < -0.4 is 10.1 Å². The average molecular weight is 456 g/mol. The highest BCUT2D eigenvalue weighted by Gasteiger charge is 2.29. The number of hydrogen-bond donors (Lipinski definition) is 1. The van der Waals surface area contributed by atoms with E-state index in [-0.39, 0.29) is 17.7 Å². The first kappa shape index (κ1) is 21.3. The number of nitrogens with zero attached hydrogens (tertiary/aromatic N) is 2. The number of carbonyl (C=O) groups is 2. The summed E-state index contributed by atoms with van der Waals surface area (Å²) in [5.41, 5.74) is 2.20. The molecule has 1 unspecified atom stereocenters. The molecule has 2 heterocycles. The van der Waals surface area contributed by atoms with Crippen molar-refractivity contribution >= 4 is 39.9 Å². The van der Waals surface area contributed by atoms with E-state index in [1.807, 2.05) is 29.6 Å². The third kappa shape index (κ3) is 4.89. The van der Waals surface area contributed by atoms with Gasteiger partial charge in [0.05, 0.1) is 18.7 Å². The zero-order valence-electron chi connectivity index (χ0n) is 17.0. The molecule has 4 rings (SSSR count). The normalized spacial score (nSPS) is 16.1. The molecule has 1 saturated heterocycles. The molecule has 1 atom stereocenters. The topological polar surface area (TPSA) is 71.5 Å². The molecule has 3 aromatic rings. The molecule has 8 heteroatoms. The molecular weight excluding hydrogens is 434 g/mol. The summed E-state index contributed by atoms with van der Waals surface area (Å²) in [7, 11) is 1.62. The zero-order chi connectivity index (χ0) is 21.8. The molecule has 6 nitrogen and oxygen atoms in total.